The SMILES string of the molecule is COc1ccc(OC)c([C@@H]2CC(=O)N(c3ccc(C)c(Cl)c3)C3=C2C(=O)OC3)c1. The van der Waals surface area contributed by atoms with Crippen molar-refractivity contribution in [1.29, 1.82) is 0 Å². The molecule has 6 nitrogen and oxygen atoms in total. The van der Waals surface area contributed by atoms with Gasteiger partial charge in [-0.2, -0.15) is 0 Å². The fourth-order valence-corrected chi connectivity index (χ4v) is 4.03. The Kier molecular flexibility index (Phi) is 4.96. The quantitative estimate of drug-likeness (QED) is 0.709. The lowest BCUT2D eigenvalue weighted by atomic mass is 9.83. The molecule has 2 aromatic carbocycles. The average molecular weight is 414 g/mol. The highest BCUT2D eigenvalue weighted by atomic mass is 35.5. The van der Waals surface area contributed by atoms with Gasteiger partial charge in [0.2, 0.25) is 5.91 Å². The van der Waals surface area contributed by atoms with E-state index >= 15 is 0 Å². The van der Waals surface area contributed by atoms with E-state index in [1.807, 2.05) is 19.1 Å². The summed E-state index contributed by atoms with van der Waals surface area (Å²) in [4.78, 5) is 27.4. The van der Waals surface area contributed by atoms with Gasteiger partial charge in [-0.1, -0.05) is 17.7 Å². The first-order valence-corrected chi connectivity index (χ1v) is 9.53. The molecule has 0 spiro atoms. The van der Waals surface area contributed by atoms with Gasteiger partial charge in [0.05, 0.1) is 31.2 Å². The van der Waals surface area contributed by atoms with Gasteiger partial charge in [-0.3, -0.25) is 9.69 Å². The summed E-state index contributed by atoms with van der Waals surface area (Å²) < 4.78 is 16.1. The second kappa shape index (κ2) is 7.44. The minimum Gasteiger partial charge on any atom is -0.497 e. The second-order valence-electron chi connectivity index (χ2n) is 6.96. The molecule has 0 aromatic heterocycles. The molecule has 0 unspecified atom stereocenters. The second-order valence-corrected chi connectivity index (χ2v) is 7.37. The molecule has 1 atom stereocenters. The van der Waals surface area contributed by atoms with Crippen LogP contribution in [0.2, 0.25) is 5.02 Å². The molecule has 29 heavy (non-hydrogen) atoms. The third-order valence-electron chi connectivity index (χ3n) is 5.34. The van der Waals surface area contributed by atoms with Crippen LogP contribution in [0.15, 0.2) is 47.7 Å². The van der Waals surface area contributed by atoms with E-state index in [1.54, 1.807) is 38.5 Å². The number of cyclic esters (lactones) is 1. The van der Waals surface area contributed by atoms with E-state index in [-0.39, 0.29) is 18.9 Å². The van der Waals surface area contributed by atoms with Gasteiger partial charge >= 0.3 is 5.97 Å². The van der Waals surface area contributed by atoms with E-state index in [0.717, 1.165) is 5.56 Å². The van der Waals surface area contributed by atoms with Crippen LogP contribution in [0.4, 0.5) is 5.69 Å². The van der Waals surface area contributed by atoms with Crippen molar-refractivity contribution in [3.63, 3.8) is 0 Å². The largest absolute Gasteiger partial charge is 0.497 e. The van der Waals surface area contributed by atoms with Crippen molar-refractivity contribution in [3.8, 4) is 11.5 Å². The Morgan fingerprint density at radius 1 is 1.10 bits per heavy atom. The highest BCUT2D eigenvalue weighted by Crippen LogP contribution is 2.45. The number of esters is 1. The Bertz CT molecular complexity index is 1050. The van der Waals surface area contributed by atoms with Crippen LogP contribution in [-0.4, -0.2) is 32.7 Å². The number of ether oxygens (including phenoxy) is 3. The summed E-state index contributed by atoms with van der Waals surface area (Å²) in [6.07, 6.45) is 0.100. The molecule has 0 saturated heterocycles. The van der Waals surface area contributed by atoms with Crippen molar-refractivity contribution in [3.05, 3.63) is 63.8 Å². The molecule has 2 aliphatic rings. The van der Waals surface area contributed by atoms with Crippen molar-refractivity contribution >= 4 is 29.2 Å². The van der Waals surface area contributed by atoms with Gasteiger partial charge in [-0.15, -0.1) is 0 Å². The molecule has 0 bridgehead atoms. The Hall–Kier alpha value is -2.99. The maximum atomic E-state index is 13.2. The van der Waals surface area contributed by atoms with Gasteiger partial charge in [-0.25, -0.2) is 4.79 Å². The number of nitrogens with zero attached hydrogens (tertiary/aromatic N) is 1. The standard InChI is InChI=1S/C22H20ClNO5/c1-12-4-5-13(8-17(12)23)24-18-11-29-22(26)21(18)16(10-20(24)25)15-9-14(27-2)6-7-19(15)28-3/h4-9,16H,10-11H2,1-3H3/t16-/m0/s1. The third kappa shape index (κ3) is 3.23. The molecule has 2 aromatic rings. The zero-order chi connectivity index (χ0) is 20.7. The smallest absolute Gasteiger partial charge is 0.336 e. The lowest BCUT2D eigenvalue weighted by Crippen LogP contribution is -2.37. The van der Waals surface area contributed by atoms with Crippen LogP contribution < -0.4 is 14.4 Å². The first-order valence-electron chi connectivity index (χ1n) is 9.15. The molecule has 4 rings (SSSR count). The molecule has 150 valence electrons. The maximum Gasteiger partial charge on any atom is 0.336 e. The number of rotatable bonds is 4. The van der Waals surface area contributed by atoms with Gasteiger partial charge < -0.3 is 14.2 Å². The number of amides is 1. The highest BCUT2D eigenvalue weighted by Gasteiger charge is 2.44. The number of anilines is 1. The Morgan fingerprint density at radius 2 is 1.90 bits per heavy atom. The van der Waals surface area contributed by atoms with Crippen LogP contribution in [0.1, 0.15) is 23.5 Å². The van der Waals surface area contributed by atoms with E-state index in [0.29, 0.717) is 39.0 Å². The summed E-state index contributed by atoms with van der Waals surface area (Å²) in [5.74, 6) is 0.161. The molecular formula is C22H20ClNO5. The zero-order valence-electron chi connectivity index (χ0n) is 16.3. The number of benzene rings is 2. The number of carbonyl (C=O) groups is 2. The van der Waals surface area contributed by atoms with E-state index in [1.165, 1.54) is 4.90 Å². The molecule has 7 heteroatoms. The van der Waals surface area contributed by atoms with Crippen LogP contribution in [0.25, 0.3) is 0 Å². The van der Waals surface area contributed by atoms with E-state index < -0.39 is 11.9 Å². The lowest BCUT2D eigenvalue weighted by Gasteiger charge is -2.32. The summed E-state index contributed by atoms with van der Waals surface area (Å²) in [5, 5.41) is 0.555. The van der Waals surface area contributed by atoms with Crippen LogP contribution in [0, 0.1) is 6.92 Å². The molecule has 0 N–H and O–H groups in total. The van der Waals surface area contributed by atoms with Crippen LogP contribution >= 0.6 is 11.6 Å². The van der Waals surface area contributed by atoms with E-state index in [2.05, 4.69) is 0 Å². The molecule has 1 amide bonds. The number of hydrogen-bond donors (Lipinski definition) is 0. The minimum atomic E-state index is -0.477. The predicted molar refractivity (Wildman–Crippen MR) is 109 cm³/mol. The van der Waals surface area contributed by atoms with Gasteiger partial charge in [0.1, 0.15) is 18.1 Å². The number of halogens is 1. The molecule has 0 radical (unpaired) electrons. The summed E-state index contributed by atoms with van der Waals surface area (Å²) in [5.41, 5.74) is 3.25. The summed E-state index contributed by atoms with van der Waals surface area (Å²) in [7, 11) is 3.12. The summed E-state index contributed by atoms with van der Waals surface area (Å²) >= 11 is 6.27. The topological polar surface area (TPSA) is 65.1 Å². The Balaban J connectivity index is 1.86. The van der Waals surface area contributed by atoms with Crippen LogP contribution in [0.5, 0.6) is 11.5 Å². The van der Waals surface area contributed by atoms with Crippen molar-refractivity contribution < 1.29 is 23.8 Å². The molecular weight excluding hydrogens is 394 g/mol. The molecule has 0 fully saturated rings. The number of hydrogen-bond acceptors (Lipinski definition) is 5. The average Bonchev–Trinajstić information content (AvgIpc) is 3.10. The first kappa shape index (κ1) is 19.3. The number of aryl methyl sites for hydroxylation is 1. The number of carbonyl (C=O) groups excluding carboxylic acids is 2. The normalized spacial score (nSPS) is 18.6. The maximum absolute atomic E-state index is 13.2. The summed E-state index contributed by atoms with van der Waals surface area (Å²) in [6.45, 7) is 1.93. The lowest BCUT2D eigenvalue weighted by molar-refractivity contribution is -0.136. The third-order valence-corrected chi connectivity index (χ3v) is 5.75. The van der Waals surface area contributed by atoms with Crippen molar-refractivity contribution in [2.24, 2.45) is 0 Å². The van der Waals surface area contributed by atoms with Crippen molar-refractivity contribution in [1.82, 2.24) is 0 Å². The molecule has 0 saturated carbocycles. The van der Waals surface area contributed by atoms with Gasteiger partial charge in [0, 0.05) is 22.9 Å². The molecule has 2 aliphatic heterocycles. The minimum absolute atomic E-state index is 0.0359. The Labute approximate surface area is 173 Å². The monoisotopic (exact) mass is 413 g/mol. The Morgan fingerprint density at radius 3 is 2.59 bits per heavy atom. The highest BCUT2D eigenvalue weighted by molar-refractivity contribution is 6.31. The summed E-state index contributed by atoms with van der Waals surface area (Å²) in [6, 6.07) is 10.7. The van der Waals surface area contributed by atoms with Crippen LogP contribution in [0.3, 0.4) is 0 Å². The van der Waals surface area contributed by atoms with Crippen molar-refractivity contribution in [2.75, 3.05) is 25.7 Å². The van der Waals surface area contributed by atoms with Gasteiger partial charge in [0.15, 0.2) is 0 Å². The van der Waals surface area contributed by atoms with Gasteiger partial charge in [-0.05, 0) is 42.8 Å². The number of methoxy groups -OCH3 is 2. The fourth-order valence-electron chi connectivity index (χ4n) is 3.85. The van der Waals surface area contributed by atoms with Crippen molar-refractivity contribution in [2.45, 2.75) is 19.3 Å². The van der Waals surface area contributed by atoms with E-state index in [4.69, 9.17) is 25.8 Å². The predicted octanol–water partition coefficient (Wildman–Crippen LogP) is 4.00. The first-order chi connectivity index (χ1) is 13.9. The fraction of sp³-hybridized carbons (Fsp3) is 0.273. The zero-order valence-corrected chi connectivity index (χ0v) is 17.1. The van der Waals surface area contributed by atoms with E-state index in [9.17, 15) is 9.59 Å². The van der Waals surface area contributed by atoms with Gasteiger partial charge in [0.25, 0.3) is 0 Å². The molecule has 2 heterocycles. The van der Waals surface area contributed by atoms with Crippen LogP contribution in [-0.2, 0) is 14.3 Å². The molecule has 0 aliphatic carbocycles.